The van der Waals surface area contributed by atoms with Crippen molar-refractivity contribution in [1.82, 2.24) is 5.32 Å². The van der Waals surface area contributed by atoms with Crippen molar-refractivity contribution >= 4 is 5.91 Å². The molecule has 2 fully saturated rings. The van der Waals surface area contributed by atoms with Crippen LogP contribution in [0.1, 0.15) is 48.3 Å². The van der Waals surface area contributed by atoms with Gasteiger partial charge >= 0.3 is 6.18 Å². The van der Waals surface area contributed by atoms with Crippen molar-refractivity contribution in [2.24, 2.45) is 5.92 Å². The molecule has 5 heteroatoms. The Morgan fingerprint density at radius 3 is 2.27 bits per heavy atom. The van der Waals surface area contributed by atoms with Gasteiger partial charge in [-0.05, 0) is 48.8 Å². The van der Waals surface area contributed by atoms with Crippen LogP contribution in [0.3, 0.4) is 0 Å². The molecule has 2 aliphatic carbocycles. The van der Waals surface area contributed by atoms with Gasteiger partial charge in [0.25, 0.3) is 0 Å². The summed E-state index contributed by atoms with van der Waals surface area (Å²) >= 11 is 0. The summed E-state index contributed by atoms with van der Waals surface area (Å²) in [5, 5.41) is 3.15. The van der Waals surface area contributed by atoms with Crippen LogP contribution >= 0.6 is 0 Å². The maximum atomic E-state index is 13.2. The topological polar surface area (TPSA) is 29.1 Å². The largest absolute Gasteiger partial charge is 0.416 e. The molecule has 2 aliphatic rings. The van der Waals surface area contributed by atoms with Crippen LogP contribution in [0.25, 0.3) is 0 Å². The zero-order chi connectivity index (χ0) is 18.4. The van der Waals surface area contributed by atoms with E-state index in [-0.39, 0.29) is 28.8 Å². The molecule has 0 aliphatic heterocycles. The van der Waals surface area contributed by atoms with Crippen molar-refractivity contribution < 1.29 is 18.0 Å². The van der Waals surface area contributed by atoms with Crippen LogP contribution in [0.15, 0.2) is 54.6 Å². The standard InChI is InChI=1S/C21H20F3NO/c22-21(23,24)18-10-5-4-9-15(18)16-13-17(16)19(26)25-20(11-6-12-20)14-7-2-1-3-8-14/h1-5,7-10,16-17H,6,11-13H2,(H,25,26)/t16-,17+/m0/s1. The summed E-state index contributed by atoms with van der Waals surface area (Å²) in [6.45, 7) is 0. The Balaban J connectivity index is 1.50. The van der Waals surface area contributed by atoms with Crippen LogP contribution in [0.4, 0.5) is 13.2 Å². The number of carbonyl (C=O) groups excluding carboxylic acids is 1. The molecule has 2 saturated carbocycles. The first-order chi connectivity index (χ1) is 12.4. The highest BCUT2D eigenvalue weighted by Gasteiger charge is 2.50. The molecule has 136 valence electrons. The van der Waals surface area contributed by atoms with Crippen LogP contribution < -0.4 is 5.32 Å². The summed E-state index contributed by atoms with van der Waals surface area (Å²) in [7, 11) is 0. The molecule has 26 heavy (non-hydrogen) atoms. The van der Waals surface area contributed by atoms with E-state index in [9.17, 15) is 18.0 Å². The lowest BCUT2D eigenvalue weighted by atomic mass is 9.71. The van der Waals surface area contributed by atoms with Gasteiger partial charge in [-0.25, -0.2) is 0 Å². The number of nitrogens with one attached hydrogen (secondary N) is 1. The van der Waals surface area contributed by atoms with E-state index in [1.54, 1.807) is 6.07 Å². The zero-order valence-electron chi connectivity index (χ0n) is 14.2. The molecular formula is C21H20F3NO. The number of hydrogen-bond donors (Lipinski definition) is 1. The van der Waals surface area contributed by atoms with Gasteiger partial charge in [0.1, 0.15) is 0 Å². The average molecular weight is 359 g/mol. The number of amides is 1. The molecule has 4 rings (SSSR count). The SMILES string of the molecule is O=C(NC1(c2ccccc2)CCC1)[C@@H]1C[C@H]1c1ccccc1C(F)(F)F. The van der Waals surface area contributed by atoms with Gasteiger partial charge in [0.05, 0.1) is 11.1 Å². The minimum atomic E-state index is -4.39. The summed E-state index contributed by atoms with van der Waals surface area (Å²) in [6, 6.07) is 15.4. The minimum Gasteiger partial charge on any atom is -0.346 e. The second kappa shape index (κ2) is 6.15. The first-order valence-electron chi connectivity index (χ1n) is 8.94. The molecule has 0 heterocycles. The minimum absolute atomic E-state index is 0.129. The highest BCUT2D eigenvalue weighted by Crippen LogP contribution is 2.52. The summed E-state index contributed by atoms with van der Waals surface area (Å²) in [5.74, 6) is -0.851. The normalized spacial score (nSPS) is 23.8. The fourth-order valence-corrected chi connectivity index (χ4v) is 4.01. The average Bonchev–Trinajstić information content (AvgIpc) is 3.39. The first-order valence-corrected chi connectivity index (χ1v) is 8.94. The number of halogens is 3. The van der Waals surface area contributed by atoms with Gasteiger partial charge in [-0.1, -0.05) is 48.5 Å². The molecule has 0 unspecified atom stereocenters. The Hall–Kier alpha value is -2.30. The summed E-state index contributed by atoms with van der Waals surface area (Å²) < 4.78 is 39.7. The second-order valence-electron chi connectivity index (χ2n) is 7.32. The van der Waals surface area contributed by atoms with Crippen molar-refractivity contribution in [3.63, 3.8) is 0 Å². The van der Waals surface area contributed by atoms with Crippen LogP contribution in [0.2, 0.25) is 0 Å². The van der Waals surface area contributed by atoms with E-state index in [0.717, 1.165) is 30.9 Å². The van der Waals surface area contributed by atoms with Gasteiger partial charge in [0.2, 0.25) is 5.91 Å². The van der Waals surface area contributed by atoms with Crippen LogP contribution in [0, 0.1) is 5.92 Å². The summed E-state index contributed by atoms with van der Waals surface area (Å²) in [4.78, 5) is 12.7. The maximum Gasteiger partial charge on any atom is 0.416 e. The molecule has 0 spiro atoms. The molecule has 0 bridgehead atoms. The number of hydrogen-bond acceptors (Lipinski definition) is 1. The molecule has 2 aromatic rings. The monoisotopic (exact) mass is 359 g/mol. The lowest BCUT2D eigenvalue weighted by Gasteiger charge is -2.43. The van der Waals surface area contributed by atoms with E-state index in [4.69, 9.17) is 0 Å². The third-order valence-electron chi connectivity index (χ3n) is 5.69. The number of benzene rings is 2. The molecular weight excluding hydrogens is 339 g/mol. The third kappa shape index (κ3) is 3.00. The van der Waals surface area contributed by atoms with E-state index in [1.807, 2.05) is 30.3 Å². The van der Waals surface area contributed by atoms with Crippen LogP contribution in [-0.2, 0) is 16.5 Å². The number of alkyl halides is 3. The number of rotatable bonds is 4. The van der Waals surface area contributed by atoms with Crippen molar-refractivity contribution in [2.75, 3.05) is 0 Å². The molecule has 2 nitrogen and oxygen atoms in total. The van der Waals surface area contributed by atoms with Gasteiger partial charge in [-0.2, -0.15) is 13.2 Å². The maximum absolute atomic E-state index is 13.2. The van der Waals surface area contributed by atoms with E-state index in [1.165, 1.54) is 12.1 Å². The van der Waals surface area contributed by atoms with Crippen LogP contribution in [-0.4, -0.2) is 5.91 Å². The van der Waals surface area contributed by atoms with Gasteiger partial charge in [-0.15, -0.1) is 0 Å². The highest BCUT2D eigenvalue weighted by molar-refractivity contribution is 5.84. The Bertz CT molecular complexity index is 812. The Kier molecular flexibility index (Phi) is 4.05. The molecule has 0 radical (unpaired) electrons. The summed E-state index contributed by atoms with van der Waals surface area (Å²) in [6.07, 6.45) is -1.12. The fourth-order valence-electron chi connectivity index (χ4n) is 4.01. The van der Waals surface area contributed by atoms with Crippen molar-refractivity contribution in [1.29, 1.82) is 0 Å². The van der Waals surface area contributed by atoms with E-state index in [2.05, 4.69) is 5.32 Å². The molecule has 2 atom stereocenters. The Morgan fingerprint density at radius 2 is 1.65 bits per heavy atom. The first kappa shape index (κ1) is 17.1. The molecule has 0 saturated heterocycles. The predicted octanol–water partition coefficient (Wildman–Crippen LogP) is 5.00. The second-order valence-corrected chi connectivity index (χ2v) is 7.32. The van der Waals surface area contributed by atoms with Crippen molar-refractivity contribution in [2.45, 2.75) is 43.3 Å². The molecule has 1 N–H and O–H groups in total. The number of carbonyl (C=O) groups is 1. The zero-order valence-corrected chi connectivity index (χ0v) is 14.2. The van der Waals surface area contributed by atoms with E-state index >= 15 is 0 Å². The smallest absolute Gasteiger partial charge is 0.346 e. The van der Waals surface area contributed by atoms with Crippen molar-refractivity contribution in [3.8, 4) is 0 Å². The third-order valence-corrected chi connectivity index (χ3v) is 5.69. The van der Waals surface area contributed by atoms with Gasteiger partial charge in [-0.3, -0.25) is 4.79 Å². The van der Waals surface area contributed by atoms with Gasteiger partial charge < -0.3 is 5.32 Å². The van der Waals surface area contributed by atoms with Crippen LogP contribution in [0.5, 0.6) is 0 Å². The predicted molar refractivity (Wildman–Crippen MR) is 92.4 cm³/mol. The molecule has 0 aromatic heterocycles. The quantitative estimate of drug-likeness (QED) is 0.817. The van der Waals surface area contributed by atoms with E-state index in [0.29, 0.717) is 6.42 Å². The highest BCUT2D eigenvalue weighted by atomic mass is 19.4. The van der Waals surface area contributed by atoms with Gasteiger partial charge in [0.15, 0.2) is 0 Å². The Labute approximate surface area is 150 Å². The lowest BCUT2D eigenvalue weighted by molar-refractivity contribution is -0.138. The fraction of sp³-hybridized carbons (Fsp3) is 0.381. The van der Waals surface area contributed by atoms with E-state index < -0.39 is 11.7 Å². The summed E-state index contributed by atoms with van der Waals surface area (Å²) in [5.41, 5.74) is 0.339. The Morgan fingerprint density at radius 1 is 1.00 bits per heavy atom. The van der Waals surface area contributed by atoms with Crippen molar-refractivity contribution in [3.05, 3.63) is 71.3 Å². The molecule has 2 aromatic carbocycles. The molecule has 1 amide bonds. The van der Waals surface area contributed by atoms with Gasteiger partial charge in [0, 0.05) is 5.92 Å². The lowest BCUT2D eigenvalue weighted by Crippen LogP contribution is -2.51.